The molecule has 142 valence electrons. The van der Waals surface area contributed by atoms with Crippen LogP contribution in [0.5, 0.6) is 17.2 Å². The van der Waals surface area contributed by atoms with Gasteiger partial charge < -0.3 is 24.2 Å². The molecule has 1 aliphatic rings. The first-order chi connectivity index (χ1) is 12.9. The topological polar surface area (TPSA) is 85.3 Å². The highest BCUT2D eigenvalue weighted by atomic mass is 16.5. The van der Waals surface area contributed by atoms with E-state index in [1.165, 1.54) is 32.3 Å². The van der Waals surface area contributed by atoms with Crippen LogP contribution < -0.4 is 14.2 Å². The zero-order valence-corrected chi connectivity index (χ0v) is 15.6. The molecule has 0 bridgehead atoms. The van der Waals surface area contributed by atoms with Gasteiger partial charge in [-0.15, -0.1) is 0 Å². The number of methoxy groups -OCH3 is 3. The quantitative estimate of drug-likeness (QED) is 0.870. The van der Waals surface area contributed by atoms with E-state index in [1.807, 2.05) is 0 Å². The molecule has 2 aromatic rings. The van der Waals surface area contributed by atoms with Crippen molar-refractivity contribution < 1.29 is 28.9 Å². The Hall–Kier alpha value is -3.22. The summed E-state index contributed by atoms with van der Waals surface area (Å²) in [4.78, 5) is 26.7. The second-order valence-electron chi connectivity index (χ2n) is 6.25. The van der Waals surface area contributed by atoms with Gasteiger partial charge in [0.2, 0.25) is 0 Å². The average molecular weight is 371 g/mol. The van der Waals surface area contributed by atoms with Gasteiger partial charge in [0.25, 0.3) is 5.91 Å². The number of carbonyl (C=O) groups is 2. The minimum atomic E-state index is -1.03. The molecule has 0 aliphatic carbocycles. The lowest BCUT2D eigenvalue weighted by molar-refractivity contribution is -0.140. The second-order valence-corrected chi connectivity index (χ2v) is 6.25. The van der Waals surface area contributed by atoms with Crippen LogP contribution in [0.2, 0.25) is 0 Å². The number of fused-ring (bicyclic) bond motifs is 1. The van der Waals surface area contributed by atoms with Crippen molar-refractivity contribution in [3.8, 4) is 17.2 Å². The average Bonchev–Trinajstić information content (AvgIpc) is 2.69. The molecule has 2 aromatic carbocycles. The molecule has 0 radical (unpaired) electrons. The lowest BCUT2D eigenvalue weighted by Crippen LogP contribution is -2.42. The van der Waals surface area contributed by atoms with Crippen LogP contribution in [0.3, 0.4) is 0 Å². The van der Waals surface area contributed by atoms with E-state index >= 15 is 0 Å². The van der Waals surface area contributed by atoms with Crippen molar-refractivity contribution in [1.82, 2.24) is 4.90 Å². The van der Waals surface area contributed by atoms with Gasteiger partial charge in [0.05, 0.1) is 27.4 Å². The first-order valence-electron chi connectivity index (χ1n) is 8.32. The van der Waals surface area contributed by atoms with Gasteiger partial charge in [0, 0.05) is 12.6 Å². The fourth-order valence-corrected chi connectivity index (χ4v) is 3.56. The van der Waals surface area contributed by atoms with Gasteiger partial charge in [-0.1, -0.05) is 12.1 Å². The van der Waals surface area contributed by atoms with Crippen molar-refractivity contribution in [3.63, 3.8) is 0 Å². The number of nitrogens with zero attached hydrogens (tertiary/aromatic N) is 1. The number of amides is 1. The Kier molecular flexibility index (Phi) is 4.94. The first kappa shape index (κ1) is 18.6. The fraction of sp³-hybridized carbons (Fsp3) is 0.300. The second kappa shape index (κ2) is 7.19. The zero-order chi connectivity index (χ0) is 19.7. The lowest BCUT2D eigenvalue weighted by atomic mass is 9.79. The van der Waals surface area contributed by atoms with E-state index in [4.69, 9.17) is 14.2 Å². The van der Waals surface area contributed by atoms with E-state index in [0.29, 0.717) is 33.9 Å². The minimum Gasteiger partial charge on any atom is -0.497 e. The van der Waals surface area contributed by atoms with E-state index in [-0.39, 0.29) is 5.91 Å². The molecule has 27 heavy (non-hydrogen) atoms. The maximum absolute atomic E-state index is 13.0. The molecule has 0 fully saturated rings. The van der Waals surface area contributed by atoms with Crippen LogP contribution in [0.15, 0.2) is 36.4 Å². The largest absolute Gasteiger partial charge is 0.497 e. The van der Waals surface area contributed by atoms with Crippen molar-refractivity contribution in [1.29, 1.82) is 0 Å². The summed E-state index contributed by atoms with van der Waals surface area (Å²) in [5, 5.41) is 10.00. The number of carboxylic acid groups (broad SMARTS) is 1. The fourth-order valence-electron chi connectivity index (χ4n) is 3.56. The van der Waals surface area contributed by atoms with Gasteiger partial charge in [0.1, 0.15) is 11.7 Å². The third-order valence-corrected chi connectivity index (χ3v) is 4.88. The van der Waals surface area contributed by atoms with Crippen molar-refractivity contribution in [2.24, 2.45) is 0 Å². The van der Waals surface area contributed by atoms with Crippen LogP contribution in [-0.2, 0) is 4.79 Å². The third-order valence-electron chi connectivity index (χ3n) is 4.88. The van der Waals surface area contributed by atoms with Crippen LogP contribution in [-0.4, -0.2) is 50.3 Å². The molecule has 1 heterocycles. The van der Waals surface area contributed by atoms with Gasteiger partial charge in [0.15, 0.2) is 11.5 Å². The summed E-state index contributed by atoms with van der Waals surface area (Å²) < 4.78 is 15.8. The highest BCUT2D eigenvalue weighted by molar-refractivity contribution is 6.01. The number of carboxylic acids is 1. The van der Waals surface area contributed by atoms with E-state index in [9.17, 15) is 14.7 Å². The van der Waals surface area contributed by atoms with Gasteiger partial charge in [-0.05, 0) is 35.4 Å². The Morgan fingerprint density at radius 3 is 2.30 bits per heavy atom. The van der Waals surface area contributed by atoms with Crippen LogP contribution in [0, 0.1) is 0 Å². The molecule has 2 atom stereocenters. The summed E-state index contributed by atoms with van der Waals surface area (Å²) in [6.07, 6.45) is 0. The molecule has 7 heteroatoms. The van der Waals surface area contributed by atoms with Crippen LogP contribution in [0.4, 0.5) is 0 Å². The predicted octanol–water partition coefficient (Wildman–Crippen LogP) is 2.71. The number of hydrogen-bond donors (Lipinski definition) is 1. The highest BCUT2D eigenvalue weighted by Gasteiger charge is 2.43. The standard InChI is InChI=1S/C20H21NO6/c1-21-18(11-6-5-7-12(8-11)25-2)17(20(23)24)13-9-15(26-3)16(27-4)10-14(13)19(21)22/h5-10,17-18H,1-4H3,(H,23,24)/t17-,18-/m0/s1. The predicted molar refractivity (Wildman–Crippen MR) is 97.8 cm³/mol. The van der Waals surface area contributed by atoms with Gasteiger partial charge in [-0.2, -0.15) is 0 Å². The molecule has 0 unspecified atom stereocenters. The van der Waals surface area contributed by atoms with Crippen molar-refractivity contribution >= 4 is 11.9 Å². The molecule has 1 amide bonds. The Morgan fingerprint density at radius 1 is 1.04 bits per heavy atom. The van der Waals surface area contributed by atoms with Crippen molar-refractivity contribution in [2.45, 2.75) is 12.0 Å². The normalized spacial score (nSPS) is 18.7. The van der Waals surface area contributed by atoms with Gasteiger partial charge in [-0.25, -0.2) is 0 Å². The summed E-state index contributed by atoms with van der Waals surface area (Å²) in [5.41, 5.74) is 1.37. The summed E-state index contributed by atoms with van der Waals surface area (Å²) in [5.74, 6) is -0.927. The Labute approximate surface area is 157 Å². The van der Waals surface area contributed by atoms with Crippen LogP contribution in [0.25, 0.3) is 0 Å². The molecule has 0 saturated heterocycles. The third kappa shape index (κ3) is 3.05. The number of hydrogen-bond acceptors (Lipinski definition) is 5. The van der Waals surface area contributed by atoms with Gasteiger partial charge in [-0.3, -0.25) is 9.59 Å². The Balaban J connectivity index is 2.23. The Bertz CT molecular complexity index is 894. The molecular weight excluding hydrogens is 350 g/mol. The SMILES string of the molecule is COc1cccc([C@H]2[C@@H](C(=O)O)c3cc(OC)c(OC)cc3C(=O)N2C)c1. The van der Waals surface area contributed by atoms with Crippen LogP contribution >= 0.6 is 0 Å². The van der Waals surface area contributed by atoms with E-state index < -0.39 is 17.9 Å². The monoisotopic (exact) mass is 371 g/mol. The van der Waals surface area contributed by atoms with E-state index in [1.54, 1.807) is 37.4 Å². The number of aliphatic carboxylic acids is 1. The summed E-state index contributed by atoms with van der Waals surface area (Å²) in [6, 6.07) is 9.50. The number of ether oxygens (including phenoxy) is 3. The molecule has 0 aromatic heterocycles. The Morgan fingerprint density at radius 2 is 1.70 bits per heavy atom. The van der Waals surface area contributed by atoms with Crippen molar-refractivity contribution in [2.75, 3.05) is 28.4 Å². The molecule has 0 saturated carbocycles. The van der Waals surface area contributed by atoms with Gasteiger partial charge >= 0.3 is 5.97 Å². The number of likely N-dealkylation sites (N-methyl/N-ethyl adjacent to an activating group) is 1. The zero-order valence-electron chi connectivity index (χ0n) is 15.6. The van der Waals surface area contributed by atoms with Crippen LogP contribution in [0.1, 0.15) is 33.4 Å². The highest BCUT2D eigenvalue weighted by Crippen LogP contribution is 2.45. The minimum absolute atomic E-state index is 0.281. The number of benzene rings is 2. The summed E-state index contributed by atoms with van der Waals surface area (Å²) in [6.45, 7) is 0. The number of rotatable bonds is 5. The van der Waals surface area contributed by atoms with Crippen molar-refractivity contribution in [3.05, 3.63) is 53.1 Å². The maximum atomic E-state index is 13.0. The molecular formula is C20H21NO6. The maximum Gasteiger partial charge on any atom is 0.313 e. The number of carbonyl (C=O) groups excluding carboxylic acids is 1. The smallest absolute Gasteiger partial charge is 0.313 e. The van der Waals surface area contributed by atoms with E-state index in [2.05, 4.69) is 0 Å². The molecule has 3 rings (SSSR count). The molecule has 1 aliphatic heterocycles. The lowest BCUT2D eigenvalue weighted by Gasteiger charge is -2.39. The first-order valence-corrected chi connectivity index (χ1v) is 8.32. The molecule has 0 spiro atoms. The summed E-state index contributed by atoms with van der Waals surface area (Å²) >= 11 is 0. The molecule has 7 nitrogen and oxygen atoms in total. The molecule has 1 N–H and O–H groups in total. The van der Waals surface area contributed by atoms with E-state index in [0.717, 1.165) is 0 Å². The summed E-state index contributed by atoms with van der Waals surface area (Å²) in [7, 11) is 6.07.